The summed E-state index contributed by atoms with van der Waals surface area (Å²) in [6.07, 6.45) is 5.47. The molecule has 5 nitrogen and oxygen atoms in total. The zero-order valence-electron chi connectivity index (χ0n) is 29.1. The van der Waals surface area contributed by atoms with E-state index >= 15 is 0 Å². The Balaban J connectivity index is 1.63. The van der Waals surface area contributed by atoms with Gasteiger partial charge in [-0.2, -0.15) is 0 Å². The Morgan fingerprint density at radius 3 is 2.55 bits per heavy atom. The predicted octanol–water partition coefficient (Wildman–Crippen LogP) is 10.6. The number of carbonyl (C=O) groups is 1. The molecule has 47 heavy (non-hydrogen) atoms. The summed E-state index contributed by atoms with van der Waals surface area (Å²) in [6, 6.07) is 14.4. The van der Waals surface area contributed by atoms with Crippen LogP contribution in [0.4, 0.5) is 4.39 Å². The summed E-state index contributed by atoms with van der Waals surface area (Å²) in [5.74, 6) is 0.595. The van der Waals surface area contributed by atoms with Crippen molar-refractivity contribution >= 4 is 44.8 Å². The molecular weight excluding hydrogens is 611 g/mol. The van der Waals surface area contributed by atoms with Crippen LogP contribution in [0.15, 0.2) is 65.9 Å². The maximum atomic E-state index is 14.2. The van der Waals surface area contributed by atoms with Crippen LogP contribution in [0.25, 0.3) is 27.2 Å². The molecule has 0 N–H and O–H groups in total. The minimum absolute atomic E-state index is 0.273. The van der Waals surface area contributed by atoms with Gasteiger partial charge in [0.15, 0.2) is 0 Å². The molecule has 250 valence electrons. The van der Waals surface area contributed by atoms with Crippen LogP contribution < -0.4 is 4.74 Å². The van der Waals surface area contributed by atoms with Crippen molar-refractivity contribution in [2.45, 2.75) is 86.3 Å². The molecule has 0 fully saturated rings. The summed E-state index contributed by atoms with van der Waals surface area (Å²) >= 11 is 7.12. The van der Waals surface area contributed by atoms with Crippen LogP contribution in [0.5, 0.6) is 5.75 Å². The van der Waals surface area contributed by atoms with Gasteiger partial charge in [0, 0.05) is 47.7 Å². The monoisotopic (exact) mass is 658 g/mol. The third-order valence-electron chi connectivity index (χ3n) is 9.29. The van der Waals surface area contributed by atoms with Crippen LogP contribution in [-0.2, 0) is 17.7 Å². The van der Waals surface area contributed by atoms with E-state index in [1.54, 1.807) is 6.07 Å². The van der Waals surface area contributed by atoms with Crippen LogP contribution in [-0.4, -0.2) is 41.2 Å². The molecular formula is C40H48ClFN2O3. The van der Waals surface area contributed by atoms with Crippen LogP contribution in [0.2, 0.25) is 5.02 Å². The summed E-state index contributed by atoms with van der Waals surface area (Å²) in [6.45, 7) is 16.4. The molecule has 3 aromatic carbocycles. The van der Waals surface area contributed by atoms with Gasteiger partial charge in [-0.3, -0.25) is 0 Å². The number of allylic oxidation sites excluding steroid dienone is 3. The quantitative estimate of drug-likeness (QED) is 0.119. The molecule has 0 radical (unpaired) electrons. The lowest BCUT2D eigenvalue weighted by molar-refractivity contribution is 0.00564. The Hall–Kier alpha value is -3.77. The zero-order valence-corrected chi connectivity index (χ0v) is 29.9. The smallest absolute Gasteiger partial charge is 0.355 e. The predicted molar refractivity (Wildman–Crippen MR) is 193 cm³/mol. The number of esters is 1. The van der Waals surface area contributed by atoms with Crippen LogP contribution >= 0.6 is 11.6 Å². The van der Waals surface area contributed by atoms with Crippen LogP contribution in [0.3, 0.4) is 0 Å². The Bertz CT molecular complexity index is 1860. The van der Waals surface area contributed by atoms with Crippen molar-refractivity contribution in [1.82, 2.24) is 9.47 Å². The maximum absolute atomic E-state index is 14.2. The second kappa shape index (κ2) is 14.1. The van der Waals surface area contributed by atoms with E-state index < -0.39 is 5.60 Å². The van der Waals surface area contributed by atoms with Crippen molar-refractivity contribution in [3.63, 3.8) is 0 Å². The first kappa shape index (κ1) is 34.6. The van der Waals surface area contributed by atoms with Crippen molar-refractivity contribution in [2.75, 3.05) is 20.2 Å². The molecule has 5 rings (SSSR count). The molecule has 0 saturated heterocycles. The lowest BCUT2D eigenvalue weighted by Gasteiger charge is -2.29. The molecule has 1 unspecified atom stereocenters. The van der Waals surface area contributed by atoms with E-state index in [1.165, 1.54) is 17.7 Å². The van der Waals surface area contributed by atoms with Gasteiger partial charge in [-0.15, -0.1) is 0 Å². The molecule has 1 atom stereocenters. The van der Waals surface area contributed by atoms with Crippen molar-refractivity contribution in [3.8, 4) is 5.75 Å². The molecule has 1 aliphatic rings. The summed E-state index contributed by atoms with van der Waals surface area (Å²) < 4.78 is 28.4. The van der Waals surface area contributed by atoms with Crippen molar-refractivity contribution in [2.24, 2.45) is 5.92 Å². The number of aryl methyl sites for hydroxylation is 2. The van der Waals surface area contributed by atoms with E-state index in [4.69, 9.17) is 21.1 Å². The van der Waals surface area contributed by atoms with E-state index in [2.05, 4.69) is 56.4 Å². The maximum Gasteiger partial charge on any atom is 0.355 e. The standard InChI is InChI=1S/C40H48ClFN2O3/c1-9-25(2)19-22-44-37-32(17-18-33(41)36(37)35-26(3)20-21-43(8)27(35)4)31(38(44)39(45)47-40(5,6)7)13-11-23-46-34-14-10-12-28-24-29(42)15-16-30(28)34/h10,12,14-18,20,24-25H,9,11,13,19,21-23H2,1-8H3. The molecule has 0 aliphatic carbocycles. The normalized spacial score (nSPS) is 14.6. The number of fused-ring (bicyclic) bond motifs is 2. The van der Waals surface area contributed by atoms with E-state index in [0.29, 0.717) is 48.4 Å². The molecule has 4 aromatic rings. The highest BCUT2D eigenvalue weighted by Gasteiger charge is 2.31. The van der Waals surface area contributed by atoms with Gasteiger partial charge in [0.05, 0.1) is 17.1 Å². The number of aromatic nitrogens is 1. The molecule has 1 aromatic heterocycles. The van der Waals surface area contributed by atoms with Gasteiger partial charge in [0.25, 0.3) is 0 Å². The Kier molecular flexibility index (Phi) is 10.4. The first-order chi connectivity index (χ1) is 22.3. The first-order valence-corrected chi connectivity index (χ1v) is 17.2. The Morgan fingerprint density at radius 1 is 1.09 bits per heavy atom. The molecule has 0 bridgehead atoms. The third kappa shape index (κ3) is 7.38. The topological polar surface area (TPSA) is 43.7 Å². The summed E-state index contributed by atoms with van der Waals surface area (Å²) in [5, 5.41) is 3.34. The van der Waals surface area contributed by atoms with E-state index in [9.17, 15) is 9.18 Å². The molecule has 1 aliphatic heterocycles. The highest BCUT2D eigenvalue weighted by molar-refractivity contribution is 6.34. The van der Waals surface area contributed by atoms with Gasteiger partial charge in [0.1, 0.15) is 22.9 Å². The summed E-state index contributed by atoms with van der Waals surface area (Å²) in [5.41, 5.74) is 6.25. The number of nitrogens with zero attached hydrogens (tertiary/aromatic N) is 2. The largest absolute Gasteiger partial charge is 0.493 e. The first-order valence-electron chi connectivity index (χ1n) is 16.8. The van der Waals surface area contributed by atoms with Gasteiger partial charge in [-0.1, -0.05) is 56.1 Å². The molecule has 2 heterocycles. The third-order valence-corrected chi connectivity index (χ3v) is 9.61. The molecule has 7 heteroatoms. The highest BCUT2D eigenvalue weighted by Crippen LogP contribution is 2.43. The fourth-order valence-corrected chi connectivity index (χ4v) is 6.72. The highest BCUT2D eigenvalue weighted by atomic mass is 35.5. The Morgan fingerprint density at radius 2 is 1.83 bits per heavy atom. The molecule has 0 saturated carbocycles. The molecule has 0 amide bonds. The van der Waals surface area contributed by atoms with Gasteiger partial charge < -0.3 is 18.9 Å². The number of carbonyl (C=O) groups excluding carboxylic acids is 1. The van der Waals surface area contributed by atoms with Gasteiger partial charge in [-0.05, 0) is 107 Å². The minimum atomic E-state index is -0.658. The van der Waals surface area contributed by atoms with E-state index in [1.807, 2.05) is 45.0 Å². The fourth-order valence-electron chi connectivity index (χ4n) is 6.47. The lowest BCUT2D eigenvalue weighted by atomic mass is 9.91. The van der Waals surface area contributed by atoms with Crippen LogP contribution in [0.1, 0.15) is 89.3 Å². The van der Waals surface area contributed by atoms with Crippen molar-refractivity contribution in [1.29, 1.82) is 0 Å². The number of likely N-dealkylation sites (N-methyl/N-ethyl adjacent to an activating group) is 1. The fraction of sp³-hybridized carbons (Fsp3) is 0.425. The number of halogens is 2. The Labute approximate surface area is 284 Å². The number of rotatable bonds is 11. The van der Waals surface area contributed by atoms with E-state index in [0.717, 1.165) is 63.5 Å². The second-order valence-electron chi connectivity index (χ2n) is 13.9. The molecule has 0 spiro atoms. The van der Waals surface area contributed by atoms with Gasteiger partial charge in [0.2, 0.25) is 0 Å². The lowest BCUT2D eigenvalue weighted by Crippen LogP contribution is -2.26. The number of hydrogen-bond donors (Lipinski definition) is 0. The zero-order chi connectivity index (χ0) is 34.0. The second-order valence-corrected chi connectivity index (χ2v) is 14.3. The average molecular weight is 659 g/mol. The summed E-state index contributed by atoms with van der Waals surface area (Å²) in [4.78, 5) is 16.4. The SMILES string of the molecule is CCC(C)CCn1c(C(=O)OC(C)(C)C)c(CCCOc2cccc3cc(F)ccc23)c2ccc(Cl)c(C3=C(C)N(C)CC=C3C)c21. The van der Waals surface area contributed by atoms with Crippen LogP contribution in [0, 0.1) is 11.7 Å². The van der Waals surface area contributed by atoms with Crippen molar-refractivity contribution in [3.05, 3.63) is 93.5 Å². The number of ether oxygens (including phenoxy) is 2. The number of benzene rings is 3. The van der Waals surface area contributed by atoms with Gasteiger partial charge >= 0.3 is 5.97 Å². The van der Waals surface area contributed by atoms with E-state index in [-0.39, 0.29) is 11.8 Å². The average Bonchev–Trinajstić information content (AvgIpc) is 3.33. The number of hydrogen-bond acceptors (Lipinski definition) is 4. The minimum Gasteiger partial charge on any atom is -0.493 e. The summed E-state index contributed by atoms with van der Waals surface area (Å²) in [7, 11) is 2.10. The van der Waals surface area contributed by atoms with Crippen molar-refractivity contribution < 1.29 is 18.7 Å². The van der Waals surface area contributed by atoms with Gasteiger partial charge in [-0.25, -0.2) is 9.18 Å².